The molecular weight excluding hydrogens is 242 g/mol. The number of para-hydroxylation sites is 1. The minimum atomic E-state index is -0.752. The summed E-state index contributed by atoms with van der Waals surface area (Å²) in [4.78, 5) is 12.9. The molecule has 1 aromatic carbocycles. The predicted octanol–water partition coefficient (Wildman–Crippen LogP) is 2.42. The number of aryl methyl sites for hydroxylation is 1. The molecule has 0 aliphatic carbocycles. The second-order valence-electron chi connectivity index (χ2n) is 4.75. The van der Waals surface area contributed by atoms with Crippen molar-refractivity contribution in [2.75, 3.05) is 26.2 Å². The third-order valence-electron chi connectivity index (χ3n) is 3.16. The molecular formula is C15H23NO3. The number of carboxylic acid groups (broad SMARTS) is 1. The standard InChI is InChI=1S/C15H23NO3/c1-4-16(11-13(3)15(17)18)9-10-19-14-8-6-5-7-12(14)2/h5-8,13H,4,9-11H2,1-3H3,(H,17,18). The fourth-order valence-electron chi connectivity index (χ4n) is 1.85. The Labute approximate surface area is 115 Å². The molecule has 0 spiro atoms. The lowest BCUT2D eigenvalue weighted by molar-refractivity contribution is -0.141. The van der Waals surface area contributed by atoms with Gasteiger partial charge in [0, 0.05) is 13.1 Å². The first kappa shape index (κ1) is 15.5. The number of hydrogen-bond donors (Lipinski definition) is 1. The maximum atomic E-state index is 10.8. The van der Waals surface area contributed by atoms with E-state index < -0.39 is 5.97 Å². The highest BCUT2D eigenvalue weighted by Gasteiger charge is 2.14. The van der Waals surface area contributed by atoms with E-state index in [1.54, 1.807) is 6.92 Å². The van der Waals surface area contributed by atoms with Gasteiger partial charge in [0.15, 0.2) is 0 Å². The van der Waals surface area contributed by atoms with E-state index in [1.165, 1.54) is 0 Å². The molecule has 1 rings (SSSR count). The van der Waals surface area contributed by atoms with Crippen LogP contribution in [0.4, 0.5) is 0 Å². The van der Waals surface area contributed by atoms with Crippen LogP contribution >= 0.6 is 0 Å². The number of nitrogens with zero attached hydrogens (tertiary/aromatic N) is 1. The molecule has 0 bridgehead atoms. The van der Waals surface area contributed by atoms with E-state index in [9.17, 15) is 4.79 Å². The second-order valence-corrected chi connectivity index (χ2v) is 4.75. The van der Waals surface area contributed by atoms with Crippen LogP contribution in [-0.4, -0.2) is 42.2 Å². The van der Waals surface area contributed by atoms with Gasteiger partial charge in [-0.25, -0.2) is 0 Å². The minimum absolute atomic E-state index is 0.349. The molecule has 0 aliphatic rings. The average Bonchev–Trinajstić information content (AvgIpc) is 2.39. The lowest BCUT2D eigenvalue weighted by Gasteiger charge is -2.22. The first-order chi connectivity index (χ1) is 9.04. The number of benzene rings is 1. The summed E-state index contributed by atoms with van der Waals surface area (Å²) in [5, 5.41) is 8.91. The minimum Gasteiger partial charge on any atom is -0.492 e. The molecule has 1 atom stereocenters. The van der Waals surface area contributed by atoms with Gasteiger partial charge in [-0.3, -0.25) is 9.69 Å². The fraction of sp³-hybridized carbons (Fsp3) is 0.533. The smallest absolute Gasteiger partial charge is 0.307 e. The molecule has 0 heterocycles. The van der Waals surface area contributed by atoms with Crippen molar-refractivity contribution in [3.63, 3.8) is 0 Å². The zero-order valence-electron chi connectivity index (χ0n) is 11.9. The Morgan fingerprint density at radius 2 is 2.11 bits per heavy atom. The summed E-state index contributed by atoms with van der Waals surface area (Å²) in [7, 11) is 0. The third-order valence-corrected chi connectivity index (χ3v) is 3.16. The van der Waals surface area contributed by atoms with Gasteiger partial charge in [0.2, 0.25) is 0 Å². The van der Waals surface area contributed by atoms with E-state index in [2.05, 4.69) is 4.90 Å². The highest BCUT2D eigenvalue weighted by atomic mass is 16.5. The topological polar surface area (TPSA) is 49.8 Å². The highest BCUT2D eigenvalue weighted by molar-refractivity contribution is 5.69. The normalized spacial score (nSPS) is 12.4. The molecule has 19 heavy (non-hydrogen) atoms. The molecule has 0 amide bonds. The van der Waals surface area contributed by atoms with Crippen LogP contribution in [0.2, 0.25) is 0 Å². The van der Waals surface area contributed by atoms with Gasteiger partial charge in [0.05, 0.1) is 5.92 Å². The second kappa shape index (κ2) is 7.79. The maximum Gasteiger partial charge on any atom is 0.307 e. The molecule has 4 heteroatoms. The SMILES string of the molecule is CCN(CCOc1ccccc1C)CC(C)C(=O)O. The van der Waals surface area contributed by atoms with Crippen molar-refractivity contribution >= 4 is 5.97 Å². The van der Waals surface area contributed by atoms with E-state index in [1.807, 2.05) is 38.1 Å². The van der Waals surface area contributed by atoms with Crippen molar-refractivity contribution in [1.29, 1.82) is 0 Å². The van der Waals surface area contributed by atoms with Crippen LogP contribution in [0.5, 0.6) is 5.75 Å². The van der Waals surface area contributed by atoms with Crippen LogP contribution in [-0.2, 0) is 4.79 Å². The molecule has 1 unspecified atom stereocenters. The van der Waals surface area contributed by atoms with Crippen LogP contribution < -0.4 is 4.74 Å². The molecule has 0 saturated carbocycles. The molecule has 1 N–H and O–H groups in total. The molecule has 0 aromatic heterocycles. The van der Waals surface area contributed by atoms with E-state index in [0.717, 1.165) is 24.4 Å². The molecule has 1 aromatic rings. The summed E-state index contributed by atoms with van der Waals surface area (Å²) in [5.74, 6) is -0.207. The molecule has 0 radical (unpaired) electrons. The third kappa shape index (κ3) is 5.30. The van der Waals surface area contributed by atoms with E-state index in [0.29, 0.717) is 13.2 Å². The highest BCUT2D eigenvalue weighted by Crippen LogP contribution is 2.15. The van der Waals surface area contributed by atoms with Gasteiger partial charge >= 0.3 is 5.97 Å². The number of carboxylic acids is 1. The maximum absolute atomic E-state index is 10.8. The molecule has 4 nitrogen and oxygen atoms in total. The first-order valence-corrected chi connectivity index (χ1v) is 6.68. The Morgan fingerprint density at radius 1 is 1.42 bits per heavy atom. The largest absolute Gasteiger partial charge is 0.492 e. The Hall–Kier alpha value is -1.55. The number of rotatable bonds is 8. The summed E-state index contributed by atoms with van der Waals surface area (Å²) >= 11 is 0. The zero-order chi connectivity index (χ0) is 14.3. The Bertz CT molecular complexity index is 406. The quantitative estimate of drug-likeness (QED) is 0.784. The summed E-state index contributed by atoms with van der Waals surface area (Å²) in [6.07, 6.45) is 0. The average molecular weight is 265 g/mol. The zero-order valence-corrected chi connectivity index (χ0v) is 11.9. The van der Waals surface area contributed by atoms with E-state index >= 15 is 0 Å². The number of ether oxygens (including phenoxy) is 1. The lowest BCUT2D eigenvalue weighted by atomic mass is 10.2. The Morgan fingerprint density at radius 3 is 2.68 bits per heavy atom. The number of hydrogen-bond acceptors (Lipinski definition) is 3. The van der Waals surface area contributed by atoms with Gasteiger partial charge < -0.3 is 9.84 Å². The van der Waals surface area contributed by atoms with Gasteiger partial charge in [-0.05, 0) is 25.1 Å². The van der Waals surface area contributed by atoms with Crippen LogP contribution in [0, 0.1) is 12.8 Å². The van der Waals surface area contributed by atoms with Crippen LogP contribution in [0.15, 0.2) is 24.3 Å². The molecule has 0 aliphatic heterocycles. The summed E-state index contributed by atoms with van der Waals surface area (Å²) in [6.45, 7) is 8.47. The predicted molar refractivity (Wildman–Crippen MR) is 75.6 cm³/mol. The number of carbonyl (C=O) groups is 1. The van der Waals surface area contributed by atoms with E-state index in [-0.39, 0.29) is 5.92 Å². The van der Waals surface area contributed by atoms with Crippen molar-refractivity contribution in [2.45, 2.75) is 20.8 Å². The van der Waals surface area contributed by atoms with E-state index in [4.69, 9.17) is 9.84 Å². The van der Waals surface area contributed by atoms with Gasteiger partial charge in [0.1, 0.15) is 12.4 Å². The van der Waals surface area contributed by atoms with Gasteiger partial charge in [0.25, 0.3) is 0 Å². The Kier molecular flexibility index (Phi) is 6.36. The summed E-state index contributed by atoms with van der Waals surface area (Å²) in [5.41, 5.74) is 1.12. The van der Waals surface area contributed by atoms with Crippen molar-refractivity contribution in [3.05, 3.63) is 29.8 Å². The van der Waals surface area contributed by atoms with Crippen LogP contribution in [0.1, 0.15) is 19.4 Å². The van der Waals surface area contributed by atoms with Crippen molar-refractivity contribution in [3.8, 4) is 5.75 Å². The number of likely N-dealkylation sites (N-methyl/N-ethyl adjacent to an activating group) is 1. The first-order valence-electron chi connectivity index (χ1n) is 6.68. The van der Waals surface area contributed by atoms with Crippen LogP contribution in [0.25, 0.3) is 0 Å². The van der Waals surface area contributed by atoms with Gasteiger partial charge in [-0.2, -0.15) is 0 Å². The lowest BCUT2D eigenvalue weighted by Crippen LogP contribution is -2.34. The molecule has 0 fully saturated rings. The number of aliphatic carboxylic acids is 1. The Balaban J connectivity index is 2.38. The van der Waals surface area contributed by atoms with Crippen molar-refractivity contribution in [2.24, 2.45) is 5.92 Å². The summed E-state index contributed by atoms with van der Waals surface area (Å²) in [6, 6.07) is 7.90. The fourth-order valence-corrected chi connectivity index (χ4v) is 1.85. The monoisotopic (exact) mass is 265 g/mol. The van der Waals surface area contributed by atoms with Gasteiger partial charge in [-0.1, -0.05) is 32.0 Å². The van der Waals surface area contributed by atoms with Gasteiger partial charge in [-0.15, -0.1) is 0 Å². The summed E-state index contributed by atoms with van der Waals surface area (Å²) < 4.78 is 5.72. The molecule has 0 saturated heterocycles. The van der Waals surface area contributed by atoms with Crippen molar-refractivity contribution < 1.29 is 14.6 Å². The molecule has 106 valence electrons. The van der Waals surface area contributed by atoms with Crippen LogP contribution in [0.3, 0.4) is 0 Å². The van der Waals surface area contributed by atoms with Crippen molar-refractivity contribution in [1.82, 2.24) is 4.90 Å².